The fraction of sp³-hybridized carbons (Fsp3) is 0.706. The summed E-state index contributed by atoms with van der Waals surface area (Å²) in [5.74, 6) is 2.63. The first kappa shape index (κ1) is 16.9. The van der Waals surface area contributed by atoms with Gasteiger partial charge >= 0.3 is 0 Å². The van der Waals surface area contributed by atoms with Crippen LogP contribution in [0.5, 0.6) is 0 Å². The lowest BCUT2D eigenvalue weighted by atomic mass is 10.1. The average molecular weight is 306 g/mol. The normalized spacial score (nSPS) is 19.5. The number of furan rings is 1. The molecule has 1 fully saturated rings. The molecule has 1 saturated heterocycles. The van der Waals surface area contributed by atoms with Crippen molar-refractivity contribution in [3.8, 4) is 0 Å². The van der Waals surface area contributed by atoms with Gasteiger partial charge in [-0.1, -0.05) is 6.92 Å². The zero-order valence-corrected chi connectivity index (χ0v) is 14.0. The molecule has 1 atom stereocenters. The Morgan fingerprint density at radius 2 is 2.32 bits per heavy atom. The first-order valence-electron chi connectivity index (χ1n) is 8.58. The summed E-state index contributed by atoms with van der Waals surface area (Å²) in [6, 6.07) is 3.93. The SMILES string of the molecule is CCCN1CCC(CN=C(NCC)NCCc2ccco2)C1. The molecule has 2 N–H and O–H groups in total. The standard InChI is InChI=1S/C17H30N4O/c1-3-10-21-11-8-15(14-21)13-20-17(18-4-2)19-9-7-16-6-5-12-22-16/h5-6,12,15H,3-4,7-11,13-14H2,1-2H3,(H2,18,19,20). The molecule has 0 amide bonds. The van der Waals surface area contributed by atoms with Gasteiger partial charge in [-0.25, -0.2) is 0 Å². The number of hydrogen-bond donors (Lipinski definition) is 2. The Morgan fingerprint density at radius 1 is 1.41 bits per heavy atom. The number of aliphatic imine (C=N–C) groups is 1. The van der Waals surface area contributed by atoms with Crippen molar-refractivity contribution in [1.29, 1.82) is 0 Å². The number of hydrogen-bond acceptors (Lipinski definition) is 3. The van der Waals surface area contributed by atoms with E-state index in [0.29, 0.717) is 5.92 Å². The molecule has 0 aromatic carbocycles. The lowest BCUT2D eigenvalue weighted by Crippen LogP contribution is -2.38. The number of likely N-dealkylation sites (tertiary alicyclic amines) is 1. The summed E-state index contributed by atoms with van der Waals surface area (Å²) in [7, 11) is 0. The minimum atomic E-state index is 0.701. The monoisotopic (exact) mass is 306 g/mol. The van der Waals surface area contributed by atoms with E-state index in [9.17, 15) is 0 Å². The summed E-state index contributed by atoms with van der Waals surface area (Å²) in [5, 5.41) is 6.70. The van der Waals surface area contributed by atoms with Crippen molar-refractivity contribution in [2.24, 2.45) is 10.9 Å². The van der Waals surface area contributed by atoms with E-state index in [1.165, 1.54) is 32.5 Å². The molecule has 22 heavy (non-hydrogen) atoms. The molecule has 1 unspecified atom stereocenters. The van der Waals surface area contributed by atoms with Gasteiger partial charge in [0.2, 0.25) is 0 Å². The van der Waals surface area contributed by atoms with Crippen LogP contribution in [-0.4, -0.2) is 50.1 Å². The summed E-state index contributed by atoms with van der Waals surface area (Å²) >= 11 is 0. The Morgan fingerprint density at radius 3 is 3.05 bits per heavy atom. The van der Waals surface area contributed by atoms with Crippen LogP contribution in [0, 0.1) is 5.92 Å². The highest BCUT2D eigenvalue weighted by Gasteiger charge is 2.21. The minimum absolute atomic E-state index is 0.701. The summed E-state index contributed by atoms with van der Waals surface area (Å²) in [6.07, 6.45) is 5.12. The van der Waals surface area contributed by atoms with Crippen LogP contribution in [0.2, 0.25) is 0 Å². The van der Waals surface area contributed by atoms with Crippen LogP contribution in [0.25, 0.3) is 0 Å². The van der Waals surface area contributed by atoms with Gasteiger partial charge in [-0.3, -0.25) is 4.99 Å². The van der Waals surface area contributed by atoms with Crippen LogP contribution < -0.4 is 10.6 Å². The van der Waals surface area contributed by atoms with Crippen LogP contribution in [0.15, 0.2) is 27.8 Å². The Hall–Kier alpha value is -1.49. The third-order valence-electron chi connectivity index (χ3n) is 4.01. The molecule has 5 nitrogen and oxygen atoms in total. The molecule has 1 aromatic heterocycles. The van der Waals surface area contributed by atoms with Crippen molar-refractivity contribution in [3.05, 3.63) is 24.2 Å². The van der Waals surface area contributed by atoms with Gasteiger partial charge in [0.1, 0.15) is 5.76 Å². The highest BCUT2D eigenvalue weighted by molar-refractivity contribution is 5.79. The molecule has 2 rings (SSSR count). The zero-order chi connectivity index (χ0) is 15.6. The lowest BCUT2D eigenvalue weighted by molar-refractivity contribution is 0.326. The molecule has 1 aromatic rings. The van der Waals surface area contributed by atoms with Crippen LogP contribution in [-0.2, 0) is 6.42 Å². The molecule has 0 spiro atoms. The van der Waals surface area contributed by atoms with E-state index in [0.717, 1.165) is 37.8 Å². The lowest BCUT2D eigenvalue weighted by Gasteiger charge is -2.14. The fourth-order valence-corrected chi connectivity index (χ4v) is 2.90. The maximum absolute atomic E-state index is 5.35. The second-order valence-electron chi connectivity index (χ2n) is 5.93. The van der Waals surface area contributed by atoms with Crippen molar-refractivity contribution in [2.75, 3.05) is 39.3 Å². The minimum Gasteiger partial charge on any atom is -0.469 e. The Kier molecular flexibility index (Phi) is 7.30. The van der Waals surface area contributed by atoms with E-state index in [1.807, 2.05) is 12.1 Å². The van der Waals surface area contributed by atoms with Gasteiger partial charge in [0.05, 0.1) is 6.26 Å². The quantitative estimate of drug-likeness (QED) is 0.570. The molecule has 1 aliphatic heterocycles. The third-order valence-corrected chi connectivity index (χ3v) is 4.01. The van der Waals surface area contributed by atoms with E-state index in [4.69, 9.17) is 9.41 Å². The van der Waals surface area contributed by atoms with Crippen LogP contribution >= 0.6 is 0 Å². The Bertz CT molecular complexity index is 430. The van der Waals surface area contributed by atoms with Crippen molar-refractivity contribution < 1.29 is 4.42 Å². The maximum Gasteiger partial charge on any atom is 0.191 e. The highest BCUT2D eigenvalue weighted by Crippen LogP contribution is 2.16. The number of guanidine groups is 1. The molecule has 0 bridgehead atoms. The second kappa shape index (κ2) is 9.51. The molecule has 0 radical (unpaired) electrons. The summed E-state index contributed by atoms with van der Waals surface area (Å²) in [5.41, 5.74) is 0. The first-order valence-corrected chi connectivity index (χ1v) is 8.58. The molecule has 0 saturated carbocycles. The van der Waals surface area contributed by atoms with Crippen LogP contribution in [0.3, 0.4) is 0 Å². The van der Waals surface area contributed by atoms with Crippen LogP contribution in [0.4, 0.5) is 0 Å². The van der Waals surface area contributed by atoms with Gasteiger partial charge in [0.25, 0.3) is 0 Å². The predicted octanol–water partition coefficient (Wildman–Crippen LogP) is 2.11. The molecule has 2 heterocycles. The van der Waals surface area contributed by atoms with Gasteiger partial charge in [-0.2, -0.15) is 0 Å². The molecule has 0 aliphatic carbocycles. The molecule has 1 aliphatic rings. The fourth-order valence-electron chi connectivity index (χ4n) is 2.90. The topological polar surface area (TPSA) is 52.8 Å². The number of rotatable bonds is 8. The zero-order valence-electron chi connectivity index (χ0n) is 14.0. The Balaban J connectivity index is 1.72. The molecule has 5 heteroatoms. The predicted molar refractivity (Wildman–Crippen MR) is 91.2 cm³/mol. The highest BCUT2D eigenvalue weighted by atomic mass is 16.3. The third kappa shape index (κ3) is 5.72. The molecule has 124 valence electrons. The van der Waals surface area contributed by atoms with Crippen molar-refractivity contribution in [3.63, 3.8) is 0 Å². The van der Waals surface area contributed by atoms with Gasteiger partial charge in [-0.15, -0.1) is 0 Å². The van der Waals surface area contributed by atoms with Crippen molar-refractivity contribution in [1.82, 2.24) is 15.5 Å². The summed E-state index contributed by atoms with van der Waals surface area (Å²) < 4.78 is 5.35. The van der Waals surface area contributed by atoms with Gasteiger partial charge in [0, 0.05) is 32.6 Å². The average Bonchev–Trinajstić information content (AvgIpc) is 3.17. The van der Waals surface area contributed by atoms with Gasteiger partial charge in [0.15, 0.2) is 5.96 Å². The van der Waals surface area contributed by atoms with Gasteiger partial charge < -0.3 is 20.0 Å². The van der Waals surface area contributed by atoms with Gasteiger partial charge in [-0.05, 0) is 50.9 Å². The molecular weight excluding hydrogens is 276 g/mol. The number of nitrogens with one attached hydrogen (secondary N) is 2. The number of nitrogens with zero attached hydrogens (tertiary/aromatic N) is 2. The molecular formula is C17H30N4O. The second-order valence-corrected chi connectivity index (χ2v) is 5.93. The van der Waals surface area contributed by atoms with E-state index < -0.39 is 0 Å². The smallest absolute Gasteiger partial charge is 0.191 e. The summed E-state index contributed by atoms with van der Waals surface area (Å²) in [4.78, 5) is 7.30. The van der Waals surface area contributed by atoms with E-state index >= 15 is 0 Å². The van der Waals surface area contributed by atoms with Crippen LogP contribution in [0.1, 0.15) is 32.4 Å². The largest absolute Gasteiger partial charge is 0.469 e. The van der Waals surface area contributed by atoms with E-state index in [-0.39, 0.29) is 0 Å². The maximum atomic E-state index is 5.35. The van der Waals surface area contributed by atoms with Crippen molar-refractivity contribution >= 4 is 5.96 Å². The van der Waals surface area contributed by atoms with E-state index in [1.54, 1.807) is 6.26 Å². The first-order chi connectivity index (χ1) is 10.8. The van der Waals surface area contributed by atoms with E-state index in [2.05, 4.69) is 29.4 Å². The Labute approximate surface area is 134 Å². The summed E-state index contributed by atoms with van der Waals surface area (Å²) in [6.45, 7) is 10.6. The van der Waals surface area contributed by atoms with Crippen molar-refractivity contribution in [2.45, 2.75) is 33.1 Å².